The second-order valence-corrected chi connectivity index (χ2v) is 7.29. The maximum Gasteiger partial charge on any atom is 0.190 e. The molecule has 0 aliphatic carbocycles. The smallest absolute Gasteiger partial charge is 0.190 e. The van der Waals surface area contributed by atoms with E-state index in [1.807, 2.05) is 43.3 Å². The summed E-state index contributed by atoms with van der Waals surface area (Å²) >= 11 is 1.65. The van der Waals surface area contributed by atoms with Crippen LogP contribution in [0.4, 0.5) is 5.69 Å². The Hall–Kier alpha value is -2.31. The zero-order valence-electron chi connectivity index (χ0n) is 16.9. The average molecular weight is 400 g/mol. The highest BCUT2D eigenvalue weighted by atomic mass is 32.1. The van der Waals surface area contributed by atoms with E-state index in [0.29, 0.717) is 6.61 Å². The maximum absolute atomic E-state index is 5.65. The number of ether oxygens (including phenoxy) is 1. The van der Waals surface area contributed by atoms with Crippen molar-refractivity contribution in [1.82, 2.24) is 9.47 Å². The van der Waals surface area contributed by atoms with Gasteiger partial charge in [0.15, 0.2) is 10.6 Å². The van der Waals surface area contributed by atoms with Crippen molar-refractivity contribution in [3.63, 3.8) is 0 Å². The van der Waals surface area contributed by atoms with Crippen molar-refractivity contribution in [2.45, 2.75) is 33.7 Å². The largest absolute Gasteiger partial charge is 0.494 e. The van der Waals surface area contributed by atoms with E-state index in [-0.39, 0.29) is 0 Å². The molecule has 0 aliphatic rings. The van der Waals surface area contributed by atoms with E-state index in [9.17, 15) is 0 Å². The van der Waals surface area contributed by atoms with Crippen LogP contribution in [-0.2, 0) is 6.54 Å². The molecule has 0 fully saturated rings. The van der Waals surface area contributed by atoms with E-state index in [0.717, 1.165) is 60.3 Å². The summed E-state index contributed by atoms with van der Waals surface area (Å²) in [5.41, 5.74) is 2.01. The van der Waals surface area contributed by atoms with Crippen LogP contribution in [0.15, 0.2) is 57.5 Å². The molecule has 0 aliphatic heterocycles. The summed E-state index contributed by atoms with van der Waals surface area (Å²) in [4.78, 5) is 8.31. The molecule has 2 aromatic heterocycles. The van der Waals surface area contributed by atoms with Gasteiger partial charge in [-0.3, -0.25) is 0 Å². The fourth-order valence-corrected chi connectivity index (χ4v) is 4.08. The summed E-state index contributed by atoms with van der Waals surface area (Å²) in [6.45, 7) is 11.2. The van der Waals surface area contributed by atoms with E-state index in [2.05, 4.69) is 28.7 Å². The van der Waals surface area contributed by atoms with Crippen LogP contribution in [0.3, 0.4) is 0 Å². The Morgan fingerprint density at radius 3 is 2.54 bits per heavy atom. The molecule has 5 nitrogen and oxygen atoms in total. The van der Waals surface area contributed by atoms with Gasteiger partial charge in [0.25, 0.3) is 0 Å². The van der Waals surface area contributed by atoms with Crippen LogP contribution in [-0.4, -0.2) is 35.7 Å². The summed E-state index contributed by atoms with van der Waals surface area (Å²) in [6.07, 6.45) is 2.79. The Bertz CT molecular complexity index is 891. The number of rotatable bonds is 10. The van der Waals surface area contributed by atoms with Crippen molar-refractivity contribution >= 4 is 17.0 Å². The molecule has 0 unspecified atom stereocenters. The number of furan rings is 1. The molecule has 0 saturated heterocycles. The predicted octanol–water partition coefficient (Wildman–Crippen LogP) is 5.17. The molecule has 0 spiro atoms. The Labute approximate surface area is 170 Å². The summed E-state index contributed by atoms with van der Waals surface area (Å²) in [6, 6.07) is 11.9. The lowest BCUT2D eigenvalue weighted by molar-refractivity contribution is 0.293. The highest BCUT2D eigenvalue weighted by Crippen LogP contribution is 2.22. The highest BCUT2D eigenvalue weighted by Gasteiger charge is 2.11. The third-order valence-electron chi connectivity index (χ3n) is 4.69. The summed E-state index contributed by atoms with van der Waals surface area (Å²) < 4.78 is 13.4. The number of aromatic nitrogens is 1. The van der Waals surface area contributed by atoms with Gasteiger partial charge in [0, 0.05) is 11.9 Å². The van der Waals surface area contributed by atoms with Gasteiger partial charge in [0.05, 0.1) is 24.3 Å². The van der Waals surface area contributed by atoms with Crippen LogP contribution in [0.1, 0.15) is 27.2 Å². The number of thiazole rings is 1. The molecule has 0 amide bonds. The fourth-order valence-electron chi connectivity index (χ4n) is 3.14. The minimum absolute atomic E-state index is 0.667. The van der Waals surface area contributed by atoms with Crippen LogP contribution in [0, 0.1) is 0 Å². The van der Waals surface area contributed by atoms with E-state index >= 15 is 0 Å². The first-order valence-corrected chi connectivity index (χ1v) is 10.8. The summed E-state index contributed by atoms with van der Waals surface area (Å²) in [7, 11) is 0. The van der Waals surface area contributed by atoms with Gasteiger partial charge in [-0.05, 0) is 69.4 Å². The van der Waals surface area contributed by atoms with Crippen molar-refractivity contribution < 1.29 is 9.15 Å². The maximum atomic E-state index is 5.65. The number of hydrogen-bond donors (Lipinski definition) is 0. The Morgan fingerprint density at radius 2 is 1.89 bits per heavy atom. The molecule has 2 heterocycles. The summed E-state index contributed by atoms with van der Waals surface area (Å²) in [5, 5.41) is 2.13. The minimum atomic E-state index is 0.667. The molecular weight excluding hydrogens is 370 g/mol. The van der Waals surface area contributed by atoms with Gasteiger partial charge in [-0.2, -0.15) is 0 Å². The highest BCUT2D eigenvalue weighted by molar-refractivity contribution is 7.07. The molecule has 1 aromatic carbocycles. The molecule has 3 rings (SSSR count). The monoisotopic (exact) mass is 399 g/mol. The normalized spacial score (nSPS) is 12.1. The number of benzene rings is 1. The van der Waals surface area contributed by atoms with Crippen molar-refractivity contribution in [2.75, 3.05) is 26.2 Å². The molecule has 3 aromatic rings. The third kappa shape index (κ3) is 5.14. The van der Waals surface area contributed by atoms with Gasteiger partial charge < -0.3 is 18.6 Å². The van der Waals surface area contributed by atoms with Crippen LogP contribution in [0.5, 0.6) is 5.75 Å². The van der Waals surface area contributed by atoms with E-state index in [1.165, 1.54) is 0 Å². The quantitative estimate of drug-likeness (QED) is 0.472. The molecule has 150 valence electrons. The van der Waals surface area contributed by atoms with Crippen LogP contribution in [0.25, 0.3) is 11.5 Å². The molecule has 0 saturated carbocycles. The molecule has 0 radical (unpaired) electrons. The van der Waals surface area contributed by atoms with Gasteiger partial charge in [-0.1, -0.05) is 13.8 Å². The minimum Gasteiger partial charge on any atom is -0.494 e. The number of hydrogen-bond acceptors (Lipinski definition) is 5. The molecule has 0 atom stereocenters. The zero-order chi connectivity index (χ0) is 19.8. The van der Waals surface area contributed by atoms with Crippen molar-refractivity contribution in [3.05, 3.63) is 52.8 Å². The van der Waals surface area contributed by atoms with Crippen molar-refractivity contribution in [1.29, 1.82) is 0 Å². The fraction of sp³-hybridized carbons (Fsp3) is 0.409. The SMILES string of the molecule is CCOc1ccc(N=c2scc(-c3ccco3)n2CCCN(CC)CC)cc1. The third-order valence-corrected chi connectivity index (χ3v) is 5.56. The molecule has 0 N–H and O–H groups in total. The van der Waals surface area contributed by atoms with Crippen LogP contribution >= 0.6 is 11.3 Å². The molecule has 6 heteroatoms. The topological polar surface area (TPSA) is 42.9 Å². The summed E-state index contributed by atoms with van der Waals surface area (Å²) in [5.74, 6) is 1.75. The second-order valence-electron chi connectivity index (χ2n) is 6.45. The van der Waals surface area contributed by atoms with Crippen molar-refractivity contribution in [3.8, 4) is 17.2 Å². The van der Waals surface area contributed by atoms with Gasteiger partial charge in [0.2, 0.25) is 0 Å². The first-order chi connectivity index (χ1) is 13.7. The van der Waals surface area contributed by atoms with Gasteiger partial charge in [-0.15, -0.1) is 11.3 Å². The Kier molecular flexibility index (Phi) is 7.51. The van der Waals surface area contributed by atoms with E-state index in [1.54, 1.807) is 17.6 Å². The first kappa shape index (κ1) is 20.4. The lowest BCUT2D eigenvalue weighted by Gasteiger charge is -2.18. The molecular formula is C22H29N3O2S. The van der Waals surface area contributed by atoms with Gasteiger partial charge in [-0.25, -0.2) is 4.99 Å². The van der Waals surface area contributed by atoms with Crippen LogP contribution in [0.2, 0.25) is 0 Å². The molecule has 0 bridgehead atoms. The van der Waals surface area contributed by atoms with E-state index in [4.69, 9.17) is 14.1 Å². The lowest BCUT2D eigenvalue weighted by Crippen LogP contribution is -2.26. The van der Waals surface area contributed by atoms with Gasteiger partial charge in [0.1, 0.15) is 5.75 Å². The number of nitrogens with zero attached hydrogens (tertiary/aromatic N) is 3. The Balaban J connectivity index is 1.87. The van der Waals surface area contributed by atoms with Crippen LogP contribution < -0.4 is 9.54 Å². The first-order valence-electron chi connectivity index (χ1n) is 9.97. The second kappa shape index (κ2) is 10.3. The average Bonchev–Trinajstić information content (AvgIpc) is 3.37. The Morgan fingerprint density at radius 1 is 1.11 bits per heavy atom. The lowest BCUT2D eigenvalue weighted by atomic mass is 10.3. The van der Waals surface area contributed by atoms with E-state index < -0.39 is 0 Å². The van der Waals surface area contributed by atoms with Crippen molar-refractivity contribution in [2.24, 2.45) is 4.99 Å². The standard InChI is InChI=1S/C22H29N3O2S/c1-4-24(5-2)14-8-15-25-20(21-9-7-16-27-21)17-28-22(25)23-18-10-12-19(13-11-18)26-6-3/h7,9-13,16-17H,4-6,8,14-15H2,1-3H3. The molecule has 28 heavy (non-hydrogen) atoms. The zero-order valence-corrected chi connectivity index (χ0v) is 17.7. The predicted molar refractivity (Wildman–Crippen MR) is 115 cm³/mol. The van der Waals surface area contributed by atoms with Gasteiger partial charge >= 0.3 is 0 Å².